The number of hydrogen-bond acceptors (Lipinski definition) is 2. The van der Waals surface area contributed by atoms with E-state index in [4.69, 9.17) is 0 Å². The maximum absolute atomic E-state index is 3.67. The van der Waals surface area contributed by atoms with Crippen molar-refractivity contribution in [3.63, 3.8) is 0 Å². The molecule has 1 saturated heterocycles. The first-order valence-electron chi connectivity index (χ1n) is 7.10. The summed E-state index contributed by atoms with van der Waals surface area (Å²) in [6.45, 7) is 8.89. The summed E-state index contributed by atoms with van der Waals surface area (Å²) in [4.78, 5) is 2.50. The Morgan fingerprint density at radius 2 is 1.83 bits per heavy atom. The first-order chi connectivity index (χ1) is 8.58. The van der Waals surface area contributed by atoms with Crippen molar-refractivity contribution in [1.29, 1.82) is 0 Å². The van der Waals surface area contributed by atoms with Gasteiger partial charge in [-0.1, -0.05) is 24.1 Å². The Labute approximate surface area is 111 Å². The summed E-state index contributed by atoms with van der Waals surface area (Å²) >= 11 is 0. The summed E-state index contributed by atoms with van der Waals surface area (Å²) < 4.78 is 0. The zero-order valence-electron chi connectivity index (χ0n) is 12.2. The molecule has 0 bridgehead atoms. The number of nitrogens with zero attached hydrogens (tertiary/aromatic N) is 1. The Morgan fingerprint density at radius 1 is 1.17 bits per heavy atom. The zero-order chi connectivity index (χ0) is 13.1. The molecule has 1 aliphatic heterocycles. The molecular formula is C16H26N2. The number of aryl methyl sites for hydroxylation is 3. The van der Waals surface area contributed by atoms with Gasteiger partial charge in [-0.15, -0.1) is 0 Å². The van der Waals surface area contributed by atoms with E-state index < -0.39 is 0 Å². The molecule has 2 nitrogen and oxygen atoms in total. The molecule has 1 atom stereocenters. The Bertz CT molecular complexity index is 389. The fraction of sp³-hybridized carbons (Fsp3) is 0.625. The van der Waals surface area contributed by atoms with E-state index in [-0.39, 0.29) is 0 Å². The van der Waals surface area contributed by atoms with E-state index in [1.54, 1.807) is 0 Å². The molecular weight excluding hydrogens is 220 g/mol. The summed E-state index contributed by atoms with van der Waals surface area (Å²) in [5.74, 6) is 0. The quantitative estimate of drug-likeness (QED) is 0.878. The molecule has 1 N–H and O–H groups in total. The van der Waals surface area contributed by atoms with Gasteiger partial charge in [0.25, 0.3) is 0 Å². The molecule has 0 saturated carbocycles. The van der Waals surface area contributed by atoms with Crippen LogP contribution in [-0.4, -0.2) is 31.1 Å². The second-order valence-corrected chi connectivity index (χ2v) is 5.78. The van der Waals surface area contributed by atoms with Gasteiger partial charge in [0.1, 0.15) is 0 Å². The summed E-state index contributed by atoms with van der Waals surface area (Å²) in [5.41, 5.74) is 5.42. The molecule has 1 fully saturated rings. The van der Waals surface area contributed by atoms with Crippen molar-refractivity contribution in [2.24, 2.45) is 0 Å². The minimum atomic E-state index is 0.693. The van der Waals surface area contributed by atoms with E-state index in [2.05, 4.69) is 50.2 Å². The van der Waals surface area contributed by atoms with Crippen LogP contribution in [0.15, 0.2) is 12.1 Å². The van der Waals surface area contributed by atoms with Gasteiger partial charge >= 0.3 is 0 Å². The molecule has 0 aromatic heterocycles. The molecule has 2 rings (SSSR count). The largest absolute Gasteiger partial charge is 0.383 e. The van der Waals surface area contributed by atoms with Gasteiger partial charge in [0.05, 0.1) is 0 Å². The van der Waals surface area contributed by atoms with Gasteiger partial charge < -0.3 is 10.2 Å². The van der Waals surface area contributed by atoms with E-state index in [0.29, 0.717) is 6.04 Å². The number of piperidine rings is 1. The van der Waals surface area contributed by atoms with E-state index in [1.165, 1.54) is 48.2 Å². The molecule has 1 heterocycles. The Kier molecular flexibility index (Phi) is 4.28. The lowest BCUT2D eigenvalue weighted by atomic mass is 10.0. The lowest BCUT2D eigenvalue weighted by molar-refractivity contribution is 0.194. The first-order valence-corrected chi connectivity index (χ1v) is 7.10. The topological polar surface area (TPSA) is 15.3 Å². The number of likely N-dealkylation sites (N-methyl/N-ethyl adjacent to an activating group) is 1. The van der Waals surface area contributed by atoms with Gasteiger partial charge in [-0.2, -0.15) is 0 Å². The van der Waals surface area contributed by atoms with Gasteiger partial charge in [-0.05, 0) is 58.3 Å². The van der Waals surface area contributed by atoms with Crippen LogP contribution in [0, 0.1) is 20.8 Å². The summed E-state index contributed by atoms with van der Waals surface area (Å²) in [6.07, 6.45) is 4.06. The van der Waals surface area contributed by atoms with Crippen LogP contribution in [-0.2, 0) is 0 Å². The fourth-order valence-corrected chi connectivity index (χ4v) is 3.08. The van der Waals surface area contributed by atoms with E-state index >= 15 is 0 Å². The normalized spacial score (nSPS) is 21.0. The monoisotopic (exact) mass is 246 g/mol. The third-order valence-corrected chi connectivity index (χ3v) is 4.11. The van der Waals surface area contributed by atoms with Crippen LogP contribution in [0.1, 0.15) is 36.0 Å². The van der Waals surface area contributed by atoms with Crippen LogP contribution in [0.5, 0.6) is 0 Å². The van der Waals surface area contributed by atoms with E-state index in [9.17, 15) is 0 Å². The van der Waals surface area contributed by atoms with Crippen molar-refractivity contribution in [1.82, 2.24) is 4.90 Å². The molecule has 1 aromatic rings. The van der Waals surface area contributed by atoms with Crippen molar-refractivity contribution in [2.45, 2.75) is 46.1 Å². The summed E-state index contributed by atoms with van der Waals surface area (Å²) in [6, 6.07) is 5.22. The molecule has 0 radical (unpaired) electrons. The predicted molar refractivity (Wildman–Crippen MR) is 79.4 cm³/mol. The van der Waals surface area contributed by atoms with E-state index in [0.717, 1.165) is 6.54 Å². The standard InChI is InChI=1S/C16H26N2/c1-12-9-13(2)16(14(3)10-12)17-11-15-7-5-6-8-18(15)4/h9-10,15,17H,5-8,11H2,1-4H3. The number of rotatable bonds is 3. The van der Waals surface area contributed by atoms with Crippen LogP contribution in [0.25, 0.3) is 0 Å². The molecule has 0 aliphatic carbocycles. The van der Waals surface area contributed by atoms with Crippen LogP contribution in [0.2, 0.25) is 0 Å². The number of benzene rings is 1. The molecule has 2 heteroatoms. The molecule has 1 aliphatic rings. The molecule has 0 amide bonds. The summed E-state index contributed by atoms with van der Waals surface area (Å²) in [5, 5.41) is 3.67. The highest BCUT2D eigenvalue weighted by molar-refractivity contribution is 5.58. The number of hydrogen-bond donors (Lipinski definition) is 1. The van der Waals surface area contributed by atoms with Crippen LogP contribution < -0.4 is 5.32 Å². The minimum absolute atomic E-state index is 0.693. The van der Waals surface area contributed by atoms with Gasteiger partial charge in [0, 0.05) is 18.3 Å². The first kappa shape index (κ1) is 13.4. The highest BCUT2D eigenvalue weighted by Gasteiger charge is 2.18. The third kappa shape index (κ3) is 3.05. The van der Waals surface area contributed by atoms with Crippen molar-refractivity contribution in [3.05, 3.63) is 28.8 Å². The number of anilines is 1. The van der Waals surface area contributed by atoms with Crippen molar-refractivity contribution >= 4 is 5.69 Å². The third-order valence-electron chi connectivity index (χ3n) is 4.11. The van der Waals surface area contributed by atoms with Gasteiger partial charge in [0.15, 0.2) is 0 Å². The lowest BCUT2D eigenvalue weighted by Gasteiger charge is -2.33. The van der Waals surface area contributed by atoms with Crippen LogP contribution in [0.4, 0.5) is 5.69 Å². The fourth-order valence-electron chi connectivity index (χ4n) is 3.08. The van der Waals surface area contributed by atoms with Crippen molar-refractivity contribution in [3.8, 4) is 0 Å². The molecule has 1 unspecified atom stereocenters. The summed E-state index contributed by atoms with van der Waals surface area (Å²) in [7, 11) is 2.25. The lowest BCUT2D eigenvalue weighted by Crippen LogP contribution is -2.40. The van der Waals surface area contributed by atoms with Gasteiger partial charge in [-0.25, -0.2) is 0 Å². The predicted octanol–water partition coefficient (Wildman–Crippen LogP) is 3.51. The van der Waals surface area contributed by atoms with Crippen LogP contribution >= 0.6 is 0 Å². The molecule has 1 aromatic carbocycles. The van der Waals surface area contributed by atoms with Crippen molar-refractivity contribution in [2.75, 3.05) is 25.5 Å². The number of nitrogens with one attached hydrogen (secondary N) is 1. The zero-order valence-corrected chi connectivity index (χ0v) is 12.2. The van der Waals surface area contributed by atoms with Crippen LogP contribution in [0.3, 0.4) is 0 Å². The second kappa shape index (κ2) is 5.75. The Balaban J connectivity index is 2.01. The Morgan fingerprint density at radius 3 is 2.44 bits per heavy atom. The maximum Gasteiger partial charge on any atom is 0.0400 e. The van der Waals surface area contributed by atoms with Crippen molar-refractivity contribution < 1.29 is 0 Å². The van der Waals surface area contributed by atoms with E-state index in [1.807, 2.05) is 0 Å². The highest BCUT2D eigenvalue weighted by atomic mass is 15.2. The highest BCUT2D eigenvalue weighted by Crippen LogP contribution is 2.23. The minimum Gasteiger partial charge on any atom is -0.383 e. The maximum atomic E-state index is 3.67. The Hall–Kier alpha value is -1.02. The number of likely N-dealkylation sites (tertiary alicyclic amines) is 1. The average molecular weight is 246 g/mol. The average Bonchev–Trinajstić information content (AvgIpc) is 2.30. The van der Waals surface area contributed by atoms with Gasteiger partial charge in [0.2, 0.25) is 0 Å². The molecule has 0 spiro atoms. The smallest absolute Gasteiger partial charge is 0.0400 e. The molecule has 18 heavy (non-hydrogen) atoms. The second-order valence-electron chi connectivity index (χ2n) is 5.78. The van der Waals surface area contributed by atoms with Gasteiger partial charge in [-0.3, -0.25) is 0 Å². The molecule has 100 valence electrons. The SMILES string of the molecule is Cc1cc(C)c(NCC2CCCCN2C)c(C)c1.